The van der Waals surface area contributed by atoms with Crippen LogP contribution in [0.4, 0.5) is 4.39 Å². The van der Waals surface area contributed by atoms with Crippen molar-refractivity contribution in [1.82, 2.24) is 0 Å². The molecule has 0 radical (unpaired) electrons. The van der Waals surface area contributed by atoms with Crippen LogP contribution in [0.2, 0.25) is 0 Å². The highest BCUT2D eigenvalue weighted by Gasteiger charge is 2.12. The quantitative estimate of drug-likeness (QED) is 0.326. The molecule has 0 aromatic carbocycles. The van der Waals surface area contributed by atoms with E-state index < -0.39 is 5.83 Å². The largest absolute Gasteiger partial charge is 0.494 e. The molecular formula is C20H33FO. The number of halogens is 1. The summed E-state index contributed by atoms with van der Waals surface area (Å²) in [7, 11) is 1.40. The molecule has 1 nitrogen and oxygen atoms in total. The van der Waals surface area contributed by atoms with Crippen molar-refractivity contribution in [2.24, 2.45) is 17.8 Å². The summed E-state index contributed by atoms with van der Waals surface area (Å²) in [5, 5.41) is 0. The maximum atomic E-state index is 13.7. The lowest BCUT2D eigenvalue weighted by Gasteiger charge is -2.19. The third kappa shape index (κ3) is 8.21. The van der Waals surface area contributed by atoms with Gasteiger partial charge < -0.3 is 4.74 Å². The van der Waals surface area contributed by atoms with Crippen molar-refractivity contribution in [1.29, 1.82) is 0 Å². The van der Waals surface area contributed by atoms with Crippen molar-refractivity contribution in [3.05, 3.63) is 48.0 Å². The van der Waals surface area contributed by atoms with Crippen LogP contribution < -0.4 is 0 Å². The first-order chi connectivity index (χ1) is 10.2. The summed E-state index contributed by atoms with van der Waals surface area (Å²) in [4.78, 5) is 0. The normalized spacial score (nSPS) is 15.6. The number of allylic oxidation sites excluding steroid dienone is 5. The van der Waals surface area contributed by atoms with E-state index >= 15 is 0 Å². The highest BCUT2D eigenvalue weighted by atomic mass is 19.1. The van der Waals surface area contributed by atoms with Crippen LogP contribution >= 0.6 is 0 Å². The third-order valence-electron chi connectivity index (χ3n) is 4.29. The van der Waals surface area contributed by atoms with Gasteiger partial charge in [-0.3, -0.25) is 0 Å². The van der Waals surface area contributed by atoms with E-state index in [-0.39, 0.29) is 5.76 Å². The summed E-state index contributed by atoms with van der Waals surface area (Å²) >= 11 is 0. The average molecular weight is 308 g/mol. The summed E-state index contributed by atoms with van der Waals surface area (Å²) < 4.78 is 18.4. The van der Waals surface area contributed by atoms with Crippen LogP contribution in [0.3, 0.4) is 0 Å². The highest BCUT2D eigenvalue weighted by molar-refractivity contribution is 5.39. The first kappa shape index (κ1) is 20.7. The summed E-state index contributed by atoms with van der Waals surface area (Å²) in [6.45, 7) is 18.5. The molecule has 0 saturated heterocycles. The average Bonchev–Trinajstić information content (AvgIpc) is 2.48. The monoisotopic (exact) mass is 308 g/mol. The molecule has 0 saturated carbocycles. The maximum Gasteiger partial charge on any atom is 0.165 e. The van der Waals surface area contributed by atoms with Crippen molar-refractivity contribution in [2.75, 3.05) is 7.11 Å². The molecule has 0 aliphatic rings. The lowest BCUT2D eigenvalue weighted by Crippen LogP contribution is -2.08. The SMILES string of the molecule is C=C(/C=C(/F)C(=C)OC)/C(C)=C/CC(C)C(C)CCC(C)C. The Morgan fingerprint density at radius 3 is 2.18 bits per heavy atom. The summed E-state index contributed by atoms with van der Waals surface area (Å²) in [6.07, 6.45) is 7.05. The molecule has 0 N–H and O–H groups in total. The Balaban J connectivity index is 4.54. The van der Waals surface area contributed by atoms with E-state index in [0.717, 1.165) is 17.9 Å². The topological polar surface area (TPSA) is 9.23 Å². The number of methoxy groups -OCH3 is 1. The Bertz CT molecular complexity index is 429. The fourth-order valence-corrected chi connectivity index (χ4v) is 2.05. The van der Waals surface area contributed by atoms with Gasteiger partial charge in [-0.15, -0.1) is 0 Å². The molecule has 0 bridgehead atoms. The number of rotatable bonds is 10. The molecule has 0 heterocycles. The number of hydrogen-bond donors (Lipinski definition) is 0. The van der Waals surface area contributed by atoms with Gasteiger partial charge in [-0.25, -0.2) is 4.39 Å². The van der Waals surface area contributed by atoms with E-state index in [0.29, 0.717) is 17.4 Å². The molecule has 0 aromatic heterocycles. The second kappa shape index (κ2) is 10.4. The summed E-state index contributed by atoms with van der Waals surface area (Å²) in [5.41, 5.74) is 1.67. The molecule has 0 spiro atoms. The number of hydrogen-bond acceptors (Lipinski definition) is 1. The van der Waals surface area contributed by atoms with Gasteiger partial charge in [-0.1, -0.05) is 59.8 Å². The lowest BCUT2D eigenvalue weighted by atomic mass is 9.86. The molecule has 2 unspecified atom stereocenters. The second-order valence-corrected chi connectivity index (χ2v) is 6.69. The Morgan fingerprint density at radius 2 is 1.68 bits per heavy atom. The highest BCUT2D eigenvalue weighted by Crippen LogP contribution is 2.24. The van der Waals surface area contributed by atoms with Crippen LogP contribution in [0.5, 0.6) is 0 Å². The minimum absolute atomic E-state index is 0.0321. The molecule has 0 amide bonds. The smallest absolute Gasteiger partial charge is 0.165 e. The van der Waals surface area contributed by atoms with Crippen LogP contribution in [0, 0.1) is 17.8 Å². The molecule has 0 rings (SSSR count). The van der Waals surface area contributed by atoms with Crippen LogP contribution in [-0.2, 0) is 4.74 Å². The summed E-state index contributed by atoms with van der Waals surface area (Å²) in [5.74, 6) is 1.63. The second-order valence-electron chi connectivity index (χ2n) is 6.69. The zero-order valence-electron chi connectivity index (χ0n) is 15.2. The van der Waals surface area contributed by atoms with Gasteiger partial charge in [0.2, 0.25) is 0 Å². The van der Waals surface area contributed by atoms with E-state index in [1.807, 2.05) is 6.92 Å². The lowest BCUT2D eigenvalue weighted by molar-refractivity contribution is 0.285. The Labute approximate surface area is 136 Å². The molecule has 0 aliphatic carbocycles. The zero-order valence-corrected chi connectivity index (χ0v) is 15.2. The van der Waals surface area contributed by atoms with E-state index in [4.69, 9.17) is 4.74 Å². The zero-order chi connectivity index (χ0) is 17.3. The van der Waals surface area contributed by atoms with Gasteiger partial charge in [0.1, 0.15) is 5.76 Å². The van der Waals surface area contributed by atoms with Gasteiger partial charge >= 0.3 is 0 Å². The Morgan fingerprint density at radius 1 is 1.09 bits per heavy atom. The standard InChI is InChI=1S/C20H33FO/c1-14(2)9-10-15(3)16(4)11-12-17(5)18(6)13-20(21)19(7)22-8/h12-16H,6-7,9-11H2,1-5,8H3/b17-12+,20-13+. The summed E-state index contributed by atoms with van der Waals surface area (Å²) in [6, 6.07) is 0. The van der Waals surface area contributed by atoms with Gasteiger partial charge in [0.25, 0.3) is 0 Å². The van der Waals surface area contributed by atoms with Crippen LogP contribution in [0.25, 0.3) is 0 Å². The molecular weight excluding hydrogens is 275 g/mol. The van der Waals surface area contributed by atoms with Gasteiger partial charge in [-0.05, 0) is 48.3 Å². The van der Waals surface area contributed by atoms with Gasteiger partial charge in [0.05, 0.1) is 7.11 Å². The van der Waals surface area contributed by atoms with Gasteiger partial charge in [0.15, 0.2) is 5.83 Å². The minimum Gasteiger partial charge on any atom is -0.494 e. The van der Waals surface area contributed by atoms with Crippen molar-refractivity contribution in [3.63, 3.8) is 0 Å². The van der Waals surface area contributed by atoms with Crippen LogP contribution in [0.1, 0.15) is 53.9 Å². The molecule has 0 fully saturated rings. The first-order valence-corrected chi connectivity index (χ1v) is 8.15. The van der Waals surface area contributed by atoms with Crippen molar-refractivity contribution in [3.8, 4) is 0 Å². The van der Waals surface area contributed by atoms with Gasteiger partial charge in [0, 0.05) is 0 Å². The molecule has 2 atom stereocenters. The fourth-order valence-electron chi connectivity index (χ4n) is 2.05. The first-order valence-electron chi connectivity index (χ1n) is 8.15. The third-order valence-corrected chi connectivity index (χ3v) is 4.29. The van der Waals surface area contributed by atoms with E-state index in [2.05, 4.69) is 46.9 Å². The van der Waals surface area contributed by atoms with E-state index in [1.54, 1.807) is 0 Å². The Kier molecular flexibility index (Phi) is 9.80. The van der Waals surface area contributed by atoms with E-state index in [1.165, 1.54) is 26.0 Å². The minimum atomic E-state index is -0.474. The predicted octanol–water partition coefficient (Wildman–Crippen LogP) is 6.60. The Hall–Kier alpha value is -1.31. The van der Waals surface area contributed by atoms with Gasteiger partial charge in [-0.2, -0.15) is 0 Å². The van der Waals surface area contributed by atoms with Crippen molar-refractivity contribution in [2.45, 2.75) is 53.9 Å². The molecule has 0 aliphatic heterocycles. The predicted molar refractivity (Wildman–Crippen MR) is 95.3 cm³/mol. The number of ether oxygens (including phenoxy) is 1. The van der Waals surface area contributed by atoms with Crippen molar-refractivity contribution >= 4 is 0 Å². The fraction of sp³-hybridized carbons (Fsp3) is 0.600. The van der Waals surface area contributed by atoms with E-state index in [9.17, 15) is 4.39 Å². The molecule has 126 valence electrons. The maximum absolute atomic E-state index is 13.7. The molecule has 0 aromatic rings. The molecule has 22 heavy (non-hydrogen) atoms. The van der Waals surface area contributed by atoms with Crippen LogP contribution in [0.15, 0.2) is 48.0 Å². The van der Waals surface area contributed by atoms with Crippen molar-refractivity contribution < 1.29 is 9.13 Å². The van der Waals surface area contributed by atoms with Crippen LogP contribution in [-0.4, -0.2) is 7.11 Å². The molecule has 2 heteroatoms.